The molecule has 190 valence electrons. The summed E-state index contributed by atoms with van der Waals surface area (Å²) < 4.78 is 36.5. The Kier molecular flexibility index (Phi) is 7.17. The molecule has 4 rings (SSSR count). The van der Waals surface area contributed by atoms with Crippen molar-refractivity contribution >= 4 is 10.4 Å². The minimum absolute atomic E-state index is 0.00866. The Morgan fingerprint density at radius 1 is 1.06 bits per heavy atom. The lowest BCUT2D eigenvalue weighted by Crippen LogP contribution is -2.55. The predicted molar refractivity (Wildman–Crippen MR) is 131 cm³/mol. The fourth-order valence-electron chi connectivity index (χ4n) is 8.89. The third-order valence-electron chi connectivity index (χ3n) is 10.5. The molecule has 4 aliphatic carbocycles. The van der Waals surface area contributed by atoms with Crippen molar-refractivity contribution in [3.63, 3.8) is 0 Å². The van der Waals surface area contributed by atoms with Crippen LogP contribution in [0.1, 0.15) is 98.8 Å². The fourth-order valence-corrected chi connectivity index (χ4v) is 9.40. The van der Waals surface area contributed by atoms with E-state index in [1.165, 1.54) is 38.5 Å². The van der Waals surface area contributed by atoms with Crippen LogP contribution in [0.3, 0.4) is 0 Å². The molecule has 0 amide bonds. The Morgan fingerprint density at radius 2 is 1.79 bits per heavy atom. The van der Waals surface area contributed by atoms with Gasteiger partial charge in [0.15, 0.2) is 0 Å². The molecule has 0 saturated heterocycles. The van der Waals surface area contributed by atoms with Crippen LogP contribution in [0.5, 0.6) is 0 Å². The summed E-state index contributed by atoms with van der Waals surface area (Å²) in [6.45, 7) is 11.9. The van der Waals surface area contributed by atoms with E-state index >= 15 is 0 Å². The molecular formula is C27H46O5S. The molecule has 33 heavy (non-hydrogen) atoms. The second-order valence-corrected chi connectivity index (χ2v) is 13.9. The molecule has 0 spiro atoms. The molecule has 0 heterocycles. The highest BCUT2D eigenvalue weighted by atomic mass is 32.3. The molecule has 0 radical (unpaired) electrons. The second-order valence-electron chi connectivity index (χ2n) is 12.8. The van der Waals surface area contributed by atoms with Crippen LogP contribution in [0, 0.1) is 46.3 Å². The van der Waals surface area contributed by atoms with Crippen LogP contribution in [0.25, 0.3) is 0 Å². The van der Waals surface area contributed by atoms with Crippen molar-refractivity contribution in [2.24, 2.45) is 46.3 Å². The molecule has 3 saturated carbocycles. The Bertz CT molecular complexity index is 851. The van der Waals surface area contributed by atoms with Gasteiger partial charge in [0.2, 0.25) is 0 Å². The summed E-state index contributed by atoms with van der Waals surface area (Å²) in [5.41, 5.74) is 1.44. The van der Waals surface area contributed by atoms with Crippen molar-refractivity contribution in [3.05, 3.63) is 11.6 Å². The number of rotatable bonds is 7. The van der Waals surface area contributed by atoms with Crippen molar-refractivity contribution < 1.29 is 22.3 Å². The molecular weight excluding hydrogens is 436 g/mol. The third kappa shape index (κ3) is 4.83. The Labute approximate surface area is 201 Å². The van der Waals surface area contributed by atoms with Crippen molar-refractivity contribution in [2.75, 3.05) is 0 Å². The zero-order valence-electron chi connectivity index (χ0n) is 21.3. The van der Waals surface area contributed by atoms with Crippen molar-refractivity contribution in [1.82, 2.24) is 0 Å². The van der Waals surface area contributed by atoms with Gasteiger partial charge in [0.1, 0.15) is 0 Å². The summed E-state index contributed by atoms with van der Waals surface area (Å²) in [5, 5.41) is 11.4. The van der Waals surface area contributed by atoms with Gasteiger partial charge in [0.25, 0.3) is 0 Å². The third-order valence-corrected chi connectivity index (χ3v) is 11.1. The van der Waals surface area contributed by atoms with E-state index in [9.17, 15) is 13.5 Å². The number of aliphatic hydroxyl groups excluding tert-OH is 1. The fraction of sp³-hybridized carbons (Fsp3) is 0.926. The highest BCUT2D eigenvalue weighted by molar-refractivity contribution is 7.80. The molecule has 2 N–H and O–H groups in total. The van der Waals surface area contributed by atoms with E-state index in [4.69, 9.17) is 8.74 Å². The lowest BCUT2D eigenvalue weighted by molar-refractivity contribution is -0.0962. The second kappa shape index (κ2) is 9.22. The molecule has 0 aromatic carbocycles. The summed E-state index contributed by atoms with van der Waals surface area (Å²) in [4.78, 5) is 0. The molecule has 3 fully saturated rings. The van der Waals surface area contributed by atoms with Gasteiger partial charge in [0, 0.05) is 0 Å². The monoisotopic (exact) mass is 482 g/mol. The first kappa shape index (κ1) is 25.7. The van der Waals surface area contributed by atoms with Crippen molar-refractivity contribution in [2.45, 2.75) is 111 Å². The minimum atomic E-state index is -4.45. The smallest absolute Gasteiger partial charge is 0.389 e. The number of hydrogen-bond acceptors (Lipinski definition) is 4. The van der Waals surface area contributed by atoms with Gasteiger partial charge < -0.3 is 5.11 Å². The van der Waals surface area contributed by atoms with E-state index in [0.717, 1.165) is 36.2 Å². The van der Waals surface area contributed by atoms with Gasteiger partial charge in [0.05, 0.1) is 12.2 Å². The normalized spacial score (nSPS) is 44.1. The van der Waals surface area contributed by atoms with E-state index in [0.29, 0.717) is 36.0 Å². The van der Waals surface area contributed by atoms with E-state index in [2.05, 4.69) is 34.6 Å². The maximum absolute atomic E-state index is 11.4. The van der Waals surface area contributed by atoms with Crippen molar-refractivity contribution in [3.8, 4) is 0 Å². The molecule has 9 atom stereocenters. The Hall–Kier alpha value is -0.430. The van der Waals surface area contributed by atoms with Crippen LogP contribution in [-0.4, -0.2) is 30.3 Å². The molecule has 0 aliphatic heterocycles. The predicted octanol–water partition coefficient (Wildman–Crippen LogP) is 6.19. The van der Waals surface area contributed by atoms with Gasteiger partial charge in [-0.15, -0.1) is 0 Å². The van der Waals surface area contributed by atoms with E-state index in [1.807, 2.05) is 6.08 Å². The minimum Gasteiger partial charge on any atom is -0.389 e. The lowest BCUT2D eigenvalue weighted by Gasteiger charge is -2.59. The van der Waals surface area contributed by atoms with Crippen LogP contribution in [0.2, 0.25) is 0 Å². The molecule has 0 bridgehead atoms. The average Bonchev–Trinajstić information content (AvgIpc) is 3.05. The standard InChI is InChI=1S/C27H46O5S/c1-17(2)7-6-8-18(3)21-9-10-22-25-23(12-14-27(21,22)5)26(4)13-11-20(32-33(29,30)31)15-19(26)16-24(25)28/h16-18,20-25,28H,6-15H2,1-5H3,(H,29,30,31)/t18-,20+,21-,22+,23+,24-,25+,26+,27-/m1/s1. The largest absolute Gasteiger partial charge is 0.397 e. The first-order valence-electron chi connectivity index (χ1n) is 13.4. The van der Waals surface area contributed by atoms with Gasteiger partial charge >= 0.3 is 10.4 Å². The molecule has 4 aliphatic rings. The summed E-state index contributed by atoms with van der Waals surface area (Å²) in [5.74, 6) is 3.56. The quantitative estimate of drug-likeness (QED) is 0.334. The summed E-state index contributed by atoms with van der Waals surface area (Å²) in [7, 11) is -4.45. The first-order valence-corrected chi connectivity index (χ1v) is 14.8. The average molecular weight is 483 g/mol. The molecule has 0 aromatic heterocycles. The van der Waals surface area contributed by atoms with Gasteiger partial charge in [-0.1, -0.05) is 65.5 Å². The maximum atomic E-state index is 11.4. The maximum Gasteiger partial charge on any atom is 0.397 e. The molecule has 6 heteroatoms. The van der Waals surface area contributed by atoms with E-state index in [-0.39, 0.29) is 5.41 Å². The lowest BCUT2D eigenvalue weighted by atomic mass is 9.46. The highest BCUT2D eigenvalue weighted by Crippen LogP contribution is 2.67. The molecule has 0 unspecified atom stereocenters. The Morgan fingerprint density at radius 3 is 2.45 bits per heavy atom. The summed E-state index contributed by atoms with van der Waals surface area (Å²) >= 11 is 0. The summed E-state index contributed by atoms with van der Waals surface area (Å²) in [6, 6.07) is 0. The molecule has 5 nitrogen and oxygen atoms in total. The SMILES string of the molecule is CC(C)CCC[C@@H](C)[C@H]1CC[C@H]2[C@@H]3[C@H](O)C=C4C[C@@H](OS(=O)(=O)O)CC[C@]4(C)[C@H]3CC[C@]12C. The van der Waals surface area contributed by atoms with E-state index in [1.54, 1.807) is 0 Å². The Balaban J connectivity index is 1.52. The van der Waals surface area contributed by atoms with Crippen LogP contribution in [0.15, 0.2) is 11.6 Å². The van der Waals surface area contributed by atoms with E-state index < -0.39 is 22.6 Å². The zero-order valence-corrected chi connectivity index (χ0v) is 22.1. The van der Waals surface area contributed by atoms with Gasteiger partial charge in [-0.25, -0.2) is 4.18 Å². The number of aliphatic hydroxyl groups is 1. The topological polar surface area (TPSA) is 83.8 Å². The zero-order chi connectivity index (χ0) is 24.2. The number of fused-ring (bicyclic) bond motifs is 5. The summed E-state index contributed by atoms with van der Waals surface area (Å²) in [6.07, 6.45) is 11.8. The van der Waals surface area contributed by atoms with Crippen LogP contribution in [-0.2, 0) is 14.6 Å². The van der Waals surface area contributed by atoms with Gasteiger partial charge in [-0.3, -0.25) is 4.55 Å². The van der Waals surface area contributed by atoms with Gasteiger partial charge in [-0.2, -0.15) is 8.42 Å². The van der Waals surface area contributed by atoms with Crippen LogP contribution in [0.4, 0.5) is 0 Å². The number of hydrogen-bond donors (Lipinski definition) is 2. The van der Waals surface area contributed by atoms with Crippen molar-refractivity contribution in [1.29, 1.82) is 0 Å². The highest BCUT2D eigenvalue weighted by Gasteiger charge is 2.61. The van der Waals surface area contributed by atoms with Crippen LogP contribution < -0.4 is 0 Å². The molecule has 0 aromatic rings. The van der Waals surface area contributed by atoms with Crippen LogP contribution >= 0.6 is 0 Å². The van der Waals surface area contributed by atoms with Gasteiger partial charge in [-0.05, 0) is 91.3 Å². The first-order chi connectivity index (χ1) is 15.3.